The molecule has 0 aliphatic heterocycles. The molecule has 4 rings (SSSR count). The van der Waals surface area contributed by atoms with Gasteiger partial charge in [0.2, 0.25) is 0 Å². The highest BCUT2D eigenvalue weighted by molar-refractivity contribution is 6.06. The smallest absolute Gasteiger partial charge is 0.263 e. The molecule has 0 unspecified atom stereocenters. The molecule has 0 spiro atoms. The molecule has 1 aromatic heterocycles. The van der Waals surface area contributed by atoms with E-state index in [0.29, 0.717) is 0 Å². The van der Waals surface area contributed by atoms with Gasteiger partial charge < -0.3 is 0 Å². The van der Waals surface area contributed by atoms with Gasteiger partial charge in [0, 0.05) is 10.8 Å². The lowest BCUT2D eigenvalue weighted by Crippen LogP contribution is -2.19. The molecule has 106 valence electrons. The Morgan fingerprint density at radius 2 is 1.27 bits per heavy atom. The van der Waals surface area contributed by atoms with E-state index in [4.69, 9.17) is 0 Å². The van der Waals surface area contributed by atoms with Crippen LogP contribution < -0.4 is 5.56 Å². The van der Waals surface area contributed by atoms with Crippen molar-refractivity contribution < 1.29 is 0 Å². The van der Waals surface area contributed by atoms with Crippen LogP contribution in [0.4, 0.5) is 0 Å². The van der Waals surface area contributed by atoms with E-state index in [9.17, 15) is 4.79 Å². The zero-order chi connectivity index (χ0) is 15.1. The lowest BCUT2D eigenvalue weighted by atomic mass is 10.1. The van der Waals surface area contributed by atoms with Crippen LogP contribution in [-0.2, 0) is 0 Å². The molecule has 0 N–H and O–H groups in total. The van der Waals surface area contributed by atoms with E-state index in [-0.39, 0.29) is 5.56 Å². The first-order valence-corrected chi connectivity index (χ1v) is 7.36. The molecule has 22 heavy (non-hydrogen) atoms. The van der Waals surface area contributed by atoms with Crippen molar-refractivity contribution in [1.82, 2.24) is 4.57 Å². The average molecular weight is 285 g/mol. The monoisotopic (exact) mass is 285 g/mol. The van der Waals surface area contributed by atoms with Crippen molar-refractivity contribution in [3.8, 4) is 5.69 Å². The summed E-state index contributed by atoms with van der Waals surface area (Å²) in [4.78, 5) is 13.1. The van der Waals surface area contributed by atoms with Gasteiger partial charge in [-0.3, -0.25) is 9.36 Å². The Bertz CT molecular complexity index is 1060. The SMILES string of the molecule is Cc1ccccc1-n1c(=O)c2ccccc2c2ccccc21. The number of nitrogens with zero attached hydrogens (tertiary/aromatic N) is 1. The summed E-state index contributed by atoms with van der Waals surface area (Å²) in [6.45, 7) is 2.03. The van der Waals surface area contributed by atoms with Gasteiger partial charge in [-0.05, 0) is 36.1 Å². The summed E-state index contributed by atoms with van der Waals surface area (Å²) >= 11 is 0. The van der Waals surface area contributed by atoms with Crippen LogP contribution in [0.2, 0.25) is 0 Å². The maximum Gasteiger partial charge on any atom is 0.263 e. The second-order valence-corrected chi connectivity index (χ2v) is 5.49. The van der Waals surface area contributed by atoms with Gasteiger partial charge in [0.15, 0.2) is 0 Å². The molecule has 2 nitrogen and oxygen atoms in total. The molecule has 0 bridgehead atoms. The van der Waals surface area contributed by atoms with Gasteiger partial charge in [-0.2, -0.15) is 0 Å². The van der Waals surface area contributed by atoms with Crippen LogP contribution in [0.5, 0.6) is 0 Å². The predicted molar refractivity (Wildman–Crippen MR) is 91.8 cm³/mol. The Balaban J connectivity index is 2.29. The zero-order valence-electron chi connectivity index (χ0n) is 12.3. The Hall–Kier alpha value is -2.87. The van der Waals surface area contributed by atoms with Gasteiger partial charge in [-0.1, -0.05) is 54.6 Å². The number of pyridine rings is 1. The highest BCUT2D eigenvalue weighted by atomic mass is 16.1. The van der Waals surface area contributed by atoms with E-state index in [1.165, 1.54) is 0 Å². The largest absolute Gasteiger partial charge is 0.276 e. The molecule has 0 amide bonds. The lowest BCUT2D eigenvalue weighted by molar-refractivity contribution is 1.04. The number of para-hydroxylation sites is 2. The molecule has 1 heterocycles. The van der Waals surface area contributed by atoms with Crippen LogP contribution in [0, 0.1) is 6.92 Å². The summed E-state index contributed by atoms with van der Waals surface area (Å²) in [5.41, 5.74) is 3.00. The summed E-state index contributed by atoms with van der Waals surface area (Å²) in [6.07, 6.45) is 0. The minimum Gasteiger partial charge on any atom is -0.276 e. The van der Waals surface area contributed by atoms with E-state index >= 15 is 0 Å². The van der Waals surface area contributed by atoms with Gasteiger partial charge in [-0.15, -0.1) is 0 Å². The zero-order valence-corrected chi connectivity index (χ0v) is 12.3. The van der Waals surface area contributed by atoms with Crippen molar-refractivity contribution in [1.29, 1.82) is 0 Å². The first-order valence-electron chi connectivity index (χ1n) is 7.36. The molecule has 0 saturated heterocycles. The van der Waals surface area contributed by atoms with Crippen molar-refractivity contribution in [2.24, 2.45) is 0 Å². The normalized spacial score (nSPS) is 11.1. The first kappa shape index (κ1) is 12.8. The first-order chi connectivity index (χ1) is 10.8. The fourth-order valence-corrected chi connectivity index (χ4v) is 3.08. The molecular weight excluding hydrogens is 270 g/mol. The molecule has 0 aliphatic rings. The van der Waals surface area contributed by atoms with Crippen LogP contribution in [0.25, 0.3) is 27.4 Å². The second-order valence-electron chi connectivity index (χ2n) is 5.49. The summed E-state index contributed by atoms with van der Waals surface area (Å²) in [6, 6.07) is 23.9. The Kier molecular flexibility index (Phi) is 2.83. The van der Waals surface area contributed by atoms with Crippen molar-refractivity contribution in [3.63, 3.8) is 0 Å². The van der Waals surface area contributed by atoms with Crippen LogP contribution in [0.1, 0.15) is 5.56 Å². The average Bonchev–Trinajstić information content (AvgIpc) is 2.57. The third-order valence-corrected chi connectivity index (χ3v) is 4.15. The fourth-order valence-electron chi connectivity index (χ4n) is 3.08. The van der Waals surface area contributed by atoms with Crippen molar-refractivity contribution in [2.45, 2.75) is 6.92 Å². The number of aromatic nitrogens is 1. The van der Waals surface area contributed by atoms with Crippen molar-refractivity contribution in [3.05, 3.63) is 88.7 Å². The molecule has 4 aromatic rings. The van der Waals surface area contributed by atoms with Gasteiger partial charge in [0.25, 0.3) is 5.56 Å². The van der Waals surface area contributed by atoms with Crippen LogP contribution in [-0.4, -0.2) is 4.57 Å². The summed E-state index contributed by atoms with van der Waals surface area (Å²) in [7, 11) is 0. The minimum atomic E-state index is 0.0311. The maximum atomic E-state index is 13.1. The molecular formula is C20H15NO. The number of aryl methyl sites for hydroxylation is 1. The number of fused-ring (bicyclic) bond motifs is 3. The van der Waals surface area contributed by atoms with E-state index in [1.54, 1.807) is 0 Å². The van der Waals surface area contributed by atoms with E-state index < -0.39 is 0 Å². The quantitative estimate of drug-likeness (QED) is 0.473. The minimum absolute atomic E-state index is 0.0311. The molecule has 0 atom stereocenters. The third kappa shape index (κ3) is 1.77. The van der Waals surface area contributed by atoms with Crippen molar-refractivity contribution in [2.75, 3.05) is 0 Å². The summed E-state index contributed by atoms with van der Waals surface area (Å²) < 4.78 is 1.83. The molecule has 0 saturated carbocycles. The number of rotatable bonds is 1. The number of benzene rings is 3. The fraction of sp³-hybridized carbons (Fsp3) is 0.0500. The highest BCUT2D eigenvalue weighted by Crippen LogP contribution is 2.25. The topological polar surface area (TPSA) is 22.0 Å². The van der Waals surface area contributed by atoms with E-state index in [2.05, 4.69) is 6.07 Å². The highest BCUT2D eigenvalue weighted by Gasteiger charge is 2.12. The van der Waals surface area contributed by atoms with Gasteiger partial charge in [0.1, 0.15) is 0 Å². The van der Waals surface area contributed by atoms with E-state index in [1.807, 2.05) is 78.2 Å². The Labute approximate surface area is 128 Å². The second kappa shape index (κ2) is 4.85. The number of hydrogen-bond acceptors (Lipinski definition) is 1. The standard InChI is InChI=1S/C20H15NO/c1-14-8-2-6-12-18(14)21-19-13-7-5-10-16(19)15-9-3-4-11-17(15)20(21)22/h2-13H,1H3. The Morgan fingerprint density at radius 3 is 2.05 bits per heavy atom. The maximum absolute atomic E-state index is 13.1. The molecule has 0 aliphatic carbocycles. The van der Waals surface area contributed by atoms with Crippen LogP contribution in [0.15, 0.2) is 77.6 Å². The van der Waals surface area contributed by atoms with E-state index in [0.717, 1.165) is 32.9 Å². The van der Waals surface area contributed by atoms with Crippen LogP contribution >= 0.6 is 0 Å². The molecule has 3 aromatic carbocycles. The summed E-state index contributed by atoms with van der Waals surface area (Å²) in [5.74, 6) is 0. The number of hydrogen-bond donors (Lipinski definition) is 0. The molecule has 0 radical (unpaired) electrons. The molecule has 0 fully saturated rings. The summed E-state index contributed by atoms with van der Waals surface area (Å²) in [5, 5.41) is 2.86. The Morgan fingerprint density at radius 1 is 0.682 bits per heavy atom. The third-order valence-electron chi connectivity index (χ3n) is 4.15. The lowest BCUT2D eigenvalue weighted by Gasteiger charge is -2.15. The van der Waals surface area contributed by atoms with Gasteiger partial charge >= 0.3 is 0 Å². The van der Waals surface area contributed by atoms with Crippen LogP contribution in [0.3, 0.4) is 0 Å². The van der Waals surface area contributed by atoms with Gasteiger partial charge in [0.05, 0.1) is 11.2 Å². The predicted octanol–water partition coefficient (Wildman–Crippen LogP) is 4.45. The van der Waals surface area contributed by atoms with Gasteiger partial charge in [-0.25, -0.2) is 0 Å². The molecule has 2 heteroatoms. The van der Waals surface area contributed by atoms with Crippen molar-refractivity contribution >= 4 is 21.7 Å².